The van der Waals surface area contributed by atoms with Crippen molar-refractivity contribution >= 4 is 0 Å². The zero-order valence-electron chi connectivity index (χ0n) is 45.0. The summed E-state index contributed by atoms with van der Waals surface area (Å²) < 4.78 is 0. The molecule has 0 aromatic heterocycles. The van der Waals surface area contributed by atoms with Gasteiger partial charge in [-0.2, -0.15) is 0 Å². The van der Waals surface area contributed by atoms with E-state index in [0.717, 1.165) is 57.0 Å². The van der Waals surface area contributed by atoms with Crippen LogP contribution < -0.4 is 34.4 Å². The minimum atomic E-state index is 0.750. The number of fused-ring (bicyclic) bond motifs is 8. The molecule has 9 unspecified atom stereocenters. The molecule has 12 N–H and O–H groups in total. The van der Waals surface area contributed by atoms with E-state index in [9.17, 15) is 0 Å². The predicted molar refractivity (Wildman–Crippen MR) is 289 cm³/mol. The Morgan fingerprint density at radius 1 is 0.375 bits per heavy atom. The van der Waals surface area contributed by atoms with Crippen molar-refractivity contribution in [3.8, 4) is 0 Å². The molecule has 64 heavy (non-hydrogen) atoms. The third kappa shape index (κ3) is 27.5. The number of rotatable bonds is 4. The molecule has 6 heteroatoms. The van der Waals surface area contributed by atoms with Crippen LogP contribution in [-0.2, 0) is 0 Å². The molecule has 8 bridgehead atoms. The zero-order chi connectivity index (χ0) is 48.0. The van der Waals surface area contributed by atoms with Crippen molar-refractivity contribution in [3.05, 3.63) is 12.7 Å². The van der Waals surface area contributed by atoms with E-state index in [1.54, 1.807) is 141 Å². The second-order valence-corrected chi connectivity index (χ2v) is 21.9. The Morgan fingerprint density at radius 2 is 0.672 bits per heavy atom. The predicted octanol–water partition coefficient (Wildman–Crippen LogP) is 14.4. The second-order valence-electron chi connectivity index (χ2n) is 21.9. The molecule has 10 rings (SSSR count). The molecule has 384 valence electrons. The molecule has 0 heterocycles. The van der Waals surface area contributed by atoms with Crippen LogP contribution in [0, 0.1) is 76.9 Å². The van der Waals surface area contributed by atoms with Gasteiger partial charge in [0.2, 0.25) is 0 Å². The highest BCUT2D eigenvalue weighted by atomic mass is 14.6. The van der Waals surface area contributed by atoms with Crippen molar-refractivity contribution in [3.63, 3.8) is 0 Å². The molecule has 0 aliphatic heterocycles. The van der Waals surface area contributed by atoms with Crippen LogP contribution in [0.1, 0.15) is 242 Å². The number of hydrogen-bond acceptors (Lipinski definition) is 6. The molecule has 0 spiro atoms. The summed E-state index contributed by atoms with van der Waals surface area (Å²) in [6, 6.07) is 0. The van der Waals surface area contributed by atoms with Gasteiger partial charge in [0.05, 0.1) is 0 Å². The van der Waals surface area contributed by atoms with E-state index >= 15 is 0 Å². The van der Waals surface area contributed by atoms with Crippen molar-refractivity contribution in [2.75, 3.05) is 39.3 Å². The largest absolute Gasteiger partial charge is 0.331 e. The van der Waals surface area contributed by atoms with E-state index in [2.05, 4.69) is 20.4 Å². The highest BCUT2D eigenvalue weighted by Gasteiger charge is 2.50. The molecule has 10 aliphatic rings. The summed E-state index contributed by atoms with van der Waals surface area (Å²) >= 11 is 0. The molecule has 6 nitrogen and oxygen atoms in total. The lowest BCUT2D eigenvalue weighted by atomic mass is 9.72. The number of nitrogens with two attached hydrogens (primary N) is 6. The van der Waals surface area contributed by atoms with Crippen LogP contribution in [0.2, 0.25) is 0 Å². The third-order valence-corrected chi connectivity index (χ3v) is 16.3. The summed E-state index contributed by atoms with van der Waals surface area (Å²) in [5.41, 5.74) is 29.4. The van der Waals surface area contributed by atoms with Crippen LogP contribution >= 0.6 is 0 Å². The first-order valence-corrected chi connectivity index (χ1v) is 28.9. The molecule has 10 fully saturated rings. The molecule has 10 saturated carbocycles. The van der Waals surface area contributed by atoms with Gasteiger partial charge in [0, 0.05) is 0 Å². The topological polar surface area (TPSA) is 156 Å². The molecule has 0 aromatic carbocycles. The van der Waals surface area contributed by atoms with Gasteiger partial charge >= 0.3 is 0 Å². The van der Waals surface area contributed by atoms with Crippen molar-refractivity contribution in [2.24, 2.45) is 111 Å². The van der Waals surface area contributed by atoms with Gasteiger partial charge in [0.25, 0.3) is 0 Å². The van der Waals surface area contributed by atoms with Gasteiger partial charge in [-0.15, -0.1) is 6.58 Å². The fraction of sp³-hybridized carbons (Fsp3) is 0.966. The monoisotopic (exact) mass is 903 g/mol. The van der Waals surface area contributed by atoms with Gasteiger partial charge < -0.3 is 34.4 Å². The second kappa shape index (κ2) is 42.6. The molecule has 0 saturated heterocycles. The fourth-order valence-corrected chi connectivity index (χ4v) is 13.8. The van der Waals surface area contributed by atoms with Crippen LogP contribution in [0.5, 0.6) is 0 Å². The summed E-state index contributed by atoms with van der Waals surface area (Å²) in [7, 11) is 0. The Labute approximate surface area is 403 Å². The highest BCUT2D eigenvalue weighted by molar-refractivity contribution is 5.00. The minimum Gasteiger partial charge on any atom is -0.331 e. The Morgan fingerprint density at radius 3 is 0.859 bits per heavy atom. The number of hydrogen-bond donors (Lipinski definition) is 6. The maximum atomic E-state index is 5.14. The Hall–Kier alpha value is -0.500. The molecule has 9 atom stereocenters. The number of unbranched alkanes of at least 4 members (excludes halogenated alkanes) is 1. The average molecular weight is 904 g/mol. The molecule has 0 radical (unpaired) electrons. The summed E-state index contributed by atoms with van der Waals surface area (Å²) in [6.07, 6.45) is 46.4. The fourth-order valence-electron chi connectivity index (χ4n) is 13.8. The van der Waals surface area contributed by atoms with E-state index in [4.69, 9.17) is 34.4 Å². The van der Waals surface area contributed by atoms with E-state index in [1.165, 1.54) is 111 Å². The maximum Gasteiger partial charge on any atom is -0.00774 e. The van der Waals surface area contributed by atoms with Crippen LogP contribution in [0.15, 0.2) is 12.7 Å². The van der Waals surface area contributed by atoms with Gasteiger partial charge in [0.15, 0.2) is 0 Å². The van der Waals surface area contributed by atoms with E-state index in [0.29, 0.717) is 0 Å². The Bertz CT molecular complexity index is 922. The van der Waals surface area contributed by atoms with Crippen molar-refractivity contribution in [1.82, 2.24) is 0 Å². The maximum absolute atomic E-state index is 5.14. The molecular formula is C58H122N6. The van der Waals surface area contributed by atoms with E-state index < -0.39 is 0 Å². The quantitative estimate of drug-likeness (QED) is 0.154. The van der Waals surface area contributed by atoms with Crippen molar-refractivity contribution in [1.29, 1.82) is 0 Å². The highest BCUT2D eigenvalue weighted by Crippen LogP contribution is 2.60. The first kappa shape index (κ1) is 63.5. The summed E-state index contributed by atoms with van der Waals surface area (Å²) in [4.78, 5) is 0. The van der Waals surface area contributed by atoms with Gasteiger partial charge in [-0.1, -0.05) is 170 Å². The third-order valence-electron chi connectivity index (χ3n) is 16.3. The summed E-state index contributed by atoms with van der Waals surface area (Å²) in [5.74, 6) is 15.2. The van der Waals surface area contributed by atoms with Crippen LogP contribution in [0.3, 0.4) is 0 Å². The first-order valence-electron chi connectivity index (χ1n) is 28.9. The normalized spacial score (nSPS) is 32.7. The first-order chi connectivity index (χ1) is 31.1. The summed E-state index contributed by atoms with van der Waals surface area (Å²) in [5, 5.41) is 0. The van der Waals surface area contributed by atoms with Crippen LogP contribution in [0.4, 0.5) is 0 Å². The molecule has 0 aromatic rings. The Balaban J connectivity index is 0.000000732. The van der Waals surface area contributed by atoms with Crippen LogP contribution in [0.25, 0.3) is 0 Å². The average Bonchev–Trinajstić information content (AvgIpc) is 4.18. The van der Waals surface area contributed by atoms with Crippen molar-refractivity contribution in [2.45, 2.75) is 242 Å². The van der Waals surface area contributed by atoms with E-state index in [1.807, 2.05) is 41.5 Å². The SMILES string of the molecule is C1CC2CC1CC2C1CC2CCC1C2.C1CC2CCC1C2.C1CCC(C2CC3CCC2C3)CC1.C=CC.CC1CCCCC1.CCCCN.CCN.CCN.CCN.CCN.CCN. The van der Waals surface area contributed by atoms with Gasteiger partial charge in [0.1, 0.15) is 0 Å². The lowest BCUT2D eigenvalue weighted by Gasteiger charge is -2.33. The van der Waals surface area contributed by atoms with Gasteiger partial charge in [-0.05, 0) is 194 Å². The Kier molecular flexibility index (Phi) is 42.3. The number of allylic oxidation sites excluding steroid dienone is 1. The van der Waals surface area contributed by atoms with Crippen molar-refractivity contribution < 1.29 is 0 Å². The lowest BCUT2D eigenvalue weighted by Crippen LogP contribution is -2.25. The van der Waals surface area contributed by atoms with Crippen LogP contribution in [-0.4, -0.2) is 39.3 Å². The van der Waals surface area contributed by atoms with Gasteiger partial charge in [-0.25, -0.2) is 0 Å². The zero-order valence-corrected chi connectivity index (χ0v) is 45.0. The summed E-state index contributed by atoms with van der Waals surface area (Å²) in [6.45, 7) is 23.8. The molecular weight excluding hydrogens is 781 g/mol. The smallest absolute Gasteiger partial charge is 0.00774 e. The van der Waals surface area contributed by atoms with E-state index in [-0.39, 0.29) is 0 Å². The molecule has 0 amide bonds. The lowest BCUT2D eigenvalue weighted by molar-refractivity contribution is 0.164. The van der Waals surface area contributed by atoms with Gasteiger partial charge in [-0.3, -0.25) is 0 Å². The molecule has 10 aliphatic carbocycles. The standard InChI is InChI=1S/C14H22.C13H22.C7H12.C7H14.C4H11N.C3H6.5C2H7N/c1-3-11-5-9(1)7-13(11)14-8-10-2-4-12(14)6-10;1-2-4-11(5-3-1)13-9-10-6-7-12(13)8-10;1-2-7-4-3-6(1)5-7;1-7-5-3-2-4-6-7;1-2-3-4-5;1-3-2;5*1-2-3/h9-14H,1-8H2;10-13H,1-9H2;6-7H,1-5H2;7H,2-6H2,1H3;2-5H2,1H3;3H,1H2,2H3;5*2-3H2,1H3. The minimum absolute atomic E-state index is 0.750.